The number of benzene rings is 2. The van der Waals surface area contributed by atoms with Crippen LogP contribution in [0, 0.1) is 6.92 Å². The van der Waals surface area contributed by atoms with E-state index >= 15 is 0 Å². The van der Waals surface area contributed by atoms with Crippen molar-refractivity contribution in [3.63, 3.8) is 0 Å². The van der Waals surface area contributed by atoms with Gasteiger partial charge in [0.15, 0.2) is 5.65 Å². The molecular formula is C22H22N6O. The van der Waals surface area contributed by atoms with E-state index in [4.69, 9.17) is 0 Å². The summed E-state index contributed by atoms with van der Waals surface area (Å²) in [4.78, 5) is 13.5. The van der Waals surface area contributed by atoms with Gasteiger partial charge in [-0.15, -0.1) is 0 Å². The second-order valence-electron chi connectivity index (χ2n) is 7.29. The number of phenolic OH excluding ortho intramolecular Hbond substituents is 1. The van der Waals surface area contributed by atoms with E-state index in [0.717, 1.165) is 54.4 Å². The van der Waals surface area contributed by atoms with E-state index < -0.39 is 0 Å². The van der Waals surface area contributed by atoms with Crippen molar-refractivity contribution in [2.45, 2.75) is 6.92 Å². The number of nitrogens with zero attached hydrogens (tertiary/aromatic N) is 6. The van der Waals surface area contributed by atoms with E-state index in [9.17, 15) is 5.11 Å². The lowest BCUT2D eigenvalue weighted by molar-refractivity contribution is 0.472. The number of fused-ring (bicyclic) bond motifs is 1. The van der Waals surface area contributed by atoms with Crippen LogP contribution in [0.5, 0.6) is 5.75 Å². The fourth-order valence-corrected chi connectivity index (χ4v) is 3.92. The lowest BCUT2D eigenvalue weighted by atomic mass is 10.2. The molecule has 0 amide bonds. The molecule has 146 valence electrons. The first-order valence-corrected chi connectivity index (χ1v) is 9.74. The van der Waals surface area contributed by atoms with Gasteiger partial charge >= 0.3 is 0 Å². The third-order valence-corrected chi connectivity index (χ3v) is 5.39. The largest absolute Gasteiger partial charge is 0.506 e. The molecule has 0 bridgehead atoms. The zero-order valence-corrected chi connectivity index (χ0v) is 16.2. The number of anilines is 2. The molecular weight excluding hydrogens is 364 g/mol. The van der Waals surface area contributed by atoms with E-state index in [2.05, 4.69) is 43.9 Å². The Morgan fingerprint density at radius 2 is 1.69 bits per heavy atom. The van der Waals surface area contributed by atoms with Gasteiger partial charge in [0.1, 0.15) is 17.9 Å². The maximum absolute atomic E-state index is 10.1. The molecule has 4 aromatic rings. The molecule has 1 saturated heterocycles. The van der Waals surface area contributed by atoms with Crippen molar-refractivity contribution in [3.8, 4) is 11.4 Å². The zero-order valence-electron chi connectivity index (χ0n) is 16.2. The van der Waals surface area contributed by atoms with E-state index in [1.165, 1.54) is 5.56 Å². The summed E-state index contributed by atoms with van der Waals surface area (Å²) in [5, 5.41) is 15.7. The SMILES string of the molecule is Cc1cccc(-n2ncc3c(N4CCN(c5ccccc5O)CC4)ncnc32)c1. The lowest BCUT2D eigenvalue weighted by Gasteiger charge is -2.37. The minimum absolute atomic E-state index is 0.324. The standard InChI is InChI=1S/C22H22N6O/c1-16-5-4-6-17(13-16)28-22-18(14-25-28)21(23-15-24-22)27-11-9-26(10-12-27)19-7-2-3-8-20(19)29/h2-8,13-15,29H,9-12H2,1H3. The first-order chi connectivity index (χ1) is 14.2. The highest BCUT2D eigenvalue weighted by Gasteiger charge is 2.22. The normalized spacial score (nSPS) is 14.5. The minimum Gasteiger partial charge on any atom is -0.506 e. The van der Waals surface area contributed by atoms with E-state index in [1.807, 2.05) is 41.2 Å². The second-order valence-corrected chi connectivity index (χ2v) is 7.29. The molecule has 0 aliphatic carbocycles. The van der Waals surface area contributed by atoms with Crippen LogP contribution in [0.25, 0.3) is 16.7 Å². The molecule has 1 aliphatic rings. The zero-order chi connectivity index (χ0) is 19.8. The summed E-state index contributed by atoms with van der Waals surface area (Å²) < 4.78 is 1.87. The molecule has 29 heavy (non-hydrogen) atoms. The number of aromatic nitrogens is 4. The van der Waals surface area contributed by atoms with Crippen molar-refractivity contribution >= 4 is 22.5 Å². The van der Waals surface area contributed by atoms with Gasteiger partial charge in [-0.1, -0.05) is 24.3 Å². The predicted molar refractivity (Wildman–Crippen MR) is 114 cm³/mol. The minimum atomic E-state index is 0.324. The number of rotatable bonds is 3. The monoisotopic (exact) mass is 386 g/mol. The summed E-state index contributed by atoms with van der Waals surface area (Å²) >= 11 is 0. The number of para-hydroxylation sites is 2. The van der Waals surface area contributed by atoms with Gasteiger partial charge in [0.25, 0.3) is 0 Å². The number of aryl methyl sites for hydroxylation is 1. The van der Waals surface area contributed by atoms with Gasteiger partial charge in [-0.2, -0.15) is 5.10 Å². The first kappa shape index (κ1) is 17.5. The van der Waals surface area contributed by atoms with Crippen LogP contribution >= 0.6 is 0 Å². The molecule has 0 unspecified atom stereocenters. The Labute approximate surface area is 168 Å². The highest BCUT2D eigenvalue weighted by Crippen LogP contribution is 2.30. The molecule has 1 aliphatic heterocycles. The fraction of sp³-hybridized carbons (Fsp3) is 0.227. The molecule has 7 nitrogen and oxygen atoms in total. The number of piperazine rings is 1. The van der Waals surface area contributed by atoms with Crippen LogP contribution < -0.4 is 9.80 Å². The predicted octanol–water partition coefficient (Wildman–Crippen LogP) is 3.16. The van der Waals surface area contributed by atoms with E-state index in [1.54, 1.807) is 12.4 Å². The van der Waals surface area contributed by atoms with Gasteiger partial charge in [0, 0.05) is 26.2 Å². The summed E-state index contributed by atoms with van der Waals surface area (Å²) in [6.45, 7) is 5.33. The van der Waals surface area contributed by atoms with Crippen LogP contribution in [-0.4, -0.2) is 51.0 Å². The summed E-state index contributed by atoms with van der Waals surface area (Å²) in [6, 6.07) is 15.7. The Hall–Kier alpha value is -3.61. The maximum atomic E-state index is 10.1. The van der Waals surface area contributed by atoms with Crippen molar-refractivity contribution in [1.29, 1.82) is 0 Å². The molecule has 5 rings (SSSR count). The van der Waals surface area contributed by atoms with Gasteiger partial charge in [-0.05, 0) is 36.8 Å². The van der Waals surface area contributed by atoms with Gasteiger partial charge in [0.2, 0.25) is 0 Å². The number of phenols is 1. The molecule has 3 heterocycles. The van der Waals surface area contributed by atoms with Crippen LogP contribution in [0.2, 0.25) is 0 Å². The van der Waals surface area contributed by atoms with Gasteiger partial charge in [-0.25, -0.2) is 14.6 Å². The molecule has 2 aromatic heterocycles. The summed E-state index contributed by atoms with van der Waals surface area (Å²) in [5.41, 5.74) is 3.87. The highest BCUT2D eigenvalue weighted by molar-refractivity contribution is 5.87. The van der Waals surface area contributed by atoms with Crippen molar-refractivity contribution in [2.24, 2.45) is 0 Å². The summed E-state index contributed by atoms with van der Waals surface area (Å²) in [5.74, 6) is 1.23. The molecule has 7 heteroatoms. The average Bonchev–Trinajstić information content (AvgIpc) is 3.19. The van der Waals surface area contributed by atoms with E-state index in [-0.39, 0.29) is 0 Å². The quantitative estimate of drug-likeness (QED) is 0.583. The Kier molecular flexibility index (Phi) is 4.27. The molecule has 2 aromatic carbocycles. The third-order valence-electron chi connectivity index (χ3n) is 5.39. The summed E-state index contributed by atoms with van der Waals surface area (Å²) in [7, 11) is 0. The fourth-order valence-electron chi connectivity index (χ4n) is 3.92. The Bertz CT molecular complexity index is 1160. The highest BCUT2D eigenvalue weighted by atomic mass is 16.3. The van der Waals surface area contributed by atoms with Crippen LogP contribution in [0.3, 0.4) is 0 Å². The Morgan fingerprint density at radius 1 is 0.897 bits per heavy atom. The number of hydrogen-bond acceptors (Lipinski definition) is 6. The van der Waals surface area contributed by atoms with Gasteiger partial charge in [-0.3, -0.25) is 0 Å². The summed E-state index contributed by atoms with van der Waals surface area (Å²) in [6.07, 6.45) is 3.46. The first-order valence-electron chi connectivity index (χ1n) is 9.74. The molecule has 0 spiro atoms. The van der Waals surface area contributed by atoms with Gasteiger partial charge in [0.05, 0.1) is 23.0 Å². The van der Waals surface area contributed by atoms with Crippen LogP contribution in [0.4, 0.5) is 11.5 Å². The number of hydrogen-bond donors (Lipinski definition) is 1. The topological polar surface area (TPSA) is 70.3 Å². The molecule has 0 saturated carbocycles. The maximum Gasteiger partial charge on any atom is 0.168 e. The van der Waals surface area contributed by atoms with Crippen molar-refractivity contribution < 1.29 is 5.11 Å². The van der Waals surface area contributed by atoms with Crippen molar-refractivity contribution in [3.05, 3.63) is 66.6 Å². The van der Waals surface area contributed by atoms with Crippen LogP contribution in [0.15, 0.2) is 61.1 Å². The molecule has 1 fully saturated rings. The molecule has 1 N–H and O–H groups in total. The van der Waals surface area contributed by atoms with Gasteiger partial charge < -0.3 is 14.9 Å². The third kappa shape index (κ3) is 3.14. The smallest absolute Gasteiger partial charge is 0.168 e. The number of aromatic hydroxyl groups is 1. The van der Waals surface area contributed by atoms with Crippen molar-refractivity contribution in [2.75, 3.05) is 36.0 Å². The van der Waals surface area contributed by atoms with Crippen LogP contribution in [0.1, 0.15) is 5.56 Å². The molecule has 0 atom stereocenters. The lowest BCUT2D eigenvalue weighted by Crippen LogP contribution is -2.46. The molecule has 0 radical (unpaired) electrons. The Morgan fingerprint density at radius 3 is 2.48 bits per heavy atom. The van der Waals surface area contributed by atoms with E-state index in [0.29, 0.717) is 5.75 Å². The average molecular weight is 386 g/mol. The Balaban J connectivity index is 1.43. The van der Waals surface area contributed by atoms with Crippen LogP contribution in [-0.2, 0) is 0 Å². The van der Waals surface area contributed by atoms with Crippen molar-refractivity contribution in [1.82, 2.24) is 19.7 Å². The second kappa shape index (κ2) is 7.09.